The Morgan fingerprint density at radius 2 is 1.70 bits per heavy atom. The van der Waals surface area contributed by atoms with Gasteiger partial charge in [0.2, 0.25) is 0 Å². The maximum atomic E-state index is 12.3. The van der Waals surface area contributed by atoms with Gasteiger partial charge in [0.25, 0.3) is 5.56 Å². The van der Waals surface area contributed by atoms with E-state index in [4.69, 9.17) is 0 Å². The van der Waals surface area contributed by atoms with Crippen LogP contribution in [0.15, 0.2) is 35.1 Å². The van der Waals surface area contributed by atoms with E-state index in [2.05, 4.69) is 28.3 Å². The number of hydrogen-bond donors (Lipinski definition) is 0. The summed E-state index contributed by atoms with van der Waals surface area (Å²) in [5, 5.41) is 0. The van der Waals surface area contributed by atoms with Crippen molar-refractivity contribution in [2.45, 2.75) is 34.2 Å². The molecule has 126 valence electrons. The molecule has 4 nitrogen and oxygen atoms in total. The number of halogens is 1. The lowest BCUT2D eigenvalue weighted by molar-refractivity contribution is 0.287. The fraction of sp³-hybridized carbons (Fsp3) is 0.444. The third kappa shape index (κ3) is 4.43. The van der Waals surface area contributed by atoms with Crippen LogP contribution in [0.2, 0.25) is 0 Å². The maximum absolute atomic E-state index is 12.3. The quantitative estimate of drug-likeness (QED) is 0.813. The van der Waals surface area contributed by atoms with E-state index in [1.165, 1.54) is 0 Å². The molecule has 0 radical (unpaired) electrons. The van der Waals surface area contributed by atoms with Gasteiger partial charge in [0, 0.05) is 18.8 Å². The van der Waals surface area contributed by atoms with Crippen molar-refractivity contribution >= 4 is 12.4 Å². The number of aryl methyl sites for hydroxylation is 1. The van der Waals surface area contributed by atoms with Crippen molar-refractivity contribution in [2.75, 3.05) is 19.6 Å². The molecule has 2 aromatic rings. The van der Waals surface area contributed by atoms with E-state index >= 15 is 0 Å². The fourth-order valence-corrected chi connectivity index (χ4v) is 2.84. The lowest BCUT2D eigenvalue weighted by Crippen LogP contribution is -2.30. The Morgan fingerprint density at radius 3 is 2.26 bits per heavy atom. The number of hydrogen-bond acceptors (Lipinski definition) is 3. The highest BCUT2D eigenvalue weighted by atomic mass is 35.5. The summed E-state index contributed by atoms with van der Waals surface area (Å²) in [6, 6.07) is 9.80. The molecule has 0 aliphatic rings. The van der Waals surface area contributed by atoms with Crippen molar-refractivity contribution in [2.24, 2.45) is 0 Å². The first-order valence-corrected chi connectivity index (χ1v) is 7.94. The van der Waals surface area contributed by atoms with Gasteiger partial charge in [0.15, 0.2) is 0 Å². The van der Waals surface area contributed by atoms with Gasteiger partial charge in [-0.1, -0.05) is 44.2 Å². The van der Waals surface area contributed by atoms with Gasteiger partial charge in [0.1, 0.15) is 5.82 Å². The molecule has 1 aromatic heterocycles. The van der Waals surface area contributed by atoms with Crippen molar-refractivity contribution in [1.29, 1.82) is 0 Å². The molecule has 0 unspecified atom stereocenters. The molecule has 0 fully saturated rings. The molecule has 0 atom stereocenters. The fourth-order valence-electron chi connectivity index (χ4n) is 2.84. The molecule has 0 aliphatic heterocycles. The maximum Gasteiger partial charge on any atom is 0.281 e. The lowest BCUT2D eigenvalue weighted by atomic mass is 10.1. The van der Waals surface area contributed by atoms with Gasteiger partial charge in [-0.2, -0.15) is 4.98 Å². The molecular formula is C18H26ClN3O. The number of likely N-dealkylation sites (N-methyl/N-ethyl adjacent to an activating group) is 1. The lowest BCUT2D eigenvalue weighted by Gasteiger charge is -2.22. The van der Waals surface area contributed by atoms with Crippen LogP contribution in [0, 0.1) is 13.8 Å². The minimum absolute atomic E-state index is 0. The Kier molecular flexibility index (Phi) is 7.46. The van der Waals surface area contributed by atoms with E-state index in [0.717, 1.165) is 43.3 Å². The zero-order valence-electron chi connectivity index (χ0n) is 14.4. The van der Waals surface area contributed by atoms with E-state index in [9.17, 15) is 4.79 Å². The van der Waals surface area contributed by atoms with Gasteiger partial charge in [-0.25, -0.2) is 0 Å². The van der Waals surface area contributed by atoms with Crippen LogP contribution in [-0.4, -0.2) is 34.1 Å². The van der Waals surface area contributed by atoms with E-state index in [1.807, 2.05) is 44.2 Å². The Morgan fingerprint density at radius 1 is 1.09 bits per heavy atom. The first-order valence-electron chi connectivity index (χ1n) is 7.94. The van der Waals surface area contributed by atoms with Gasteiger partial charge in [-0.3, -0.25) is 4.79 Å². The molecule has 0 N–H and O–H groups in total. The Labute approximate surface area is 144 Å². The topological polar surface area (TPSA) is 38.1 Å². The van der Waals surface area contributed by atoms with Gasteiger partial charge in [-0.15, -0.1) is 12.4 Å². The standard InChI is InChI=1S/C18H25N3O.ClH/c1-5-20(6-2)12-13-21-14(3)17(18(22)19-15(21)4)16-10-8-7-9-11-16;/h7-11H,5-6,12-13H2,1-4H3;1H. The van der Waals surface area contributed by atoms with E-state index in [-0.39, 0.29) is 18.0 Å². The average molecular weight is 336 g/mol. The second-order valence-corrected chi connectivity index (χ2v) is 5.47. The van der Waals surface area contributed by atoms with Crippen molar-refractivity contribution in [1.82, 2.24) is 14.5 Å². The summed E-state index contributed by atoms with van der Waals surface area (Å²) in [7, 11) is 0. The minimum atomic E-state index is -0.139. The summed E-state index contributed by atoms with van der Waals surface area (Å²) in [6.45, 7) is 12.2. The van der Waals surface area contributed by atoms with Gasteiger partial charge >= 0.3 is 0 Å². The number of nitrogens with zero attached hydrogens (tertiary/aromatic N) is 3. The van der Waals surface area contributed by atoms with Crippen LogP contribution in [0.4, 0.5) is 0 Å². The van der Waals surface area contributed by atoms with Crippen LogP contribution in [-0.2, 0) is 6.54 Å². The molecule has 2 rings (SSSR count). The van der Waals surface area contributed by atoms with Gasteiger partial charge in [-0.05, 0) is 32.5 Å². The molecule has 1 aromatic carbocycles. The highest BCUT2D eigenvalue weighted by Crippen LogP contribution is 2.19. The summed E-state index contributed by atoms with van der Waals surface area (Å²) in [4.78, 5) is 18.9. The van der Waals surface area contributed by atoms with Crippen LogP contribution in [0.3, 0.4) is 0 Å². The zero-order valence-corrected chi connectivity index (χ0v) is 15.2. The second kappa shape index (κ2) is 8.85. The summed E-state index contributed by atoms with van der Waals surface area (Å²) in [5.74, 6) is 0.786. The highest BCUT2D eigenvalue weighted by molar-refractivity contribution is 5.85. The smallest absolute Gasteiger partial charge is 0.281 e. The zero-order chi connectivity index (χ0) is 16.1. The SMILES string of the molecule is CCN(CC)CCn1c(C)nc(=O)c(-c2ccccc2)c1C.Cl. The predicted octanol–water partition coefficient (Wildman–Crippen LogP) is 3.29. The largest absolute Gasteiger partial charge is 0.332 e. The summed E-state index contributed by atoms with van der Waals surface area (Å²) in [5.41, 5.74) is 2.51. The van der Waals surface area contributed by atoms with Crippen molar-refractivity contribution < 1.29 is 0 Å². The Balaban J connectivity index is 0.00000264. The Bertz CT molecular complexity index is 679. The molecule has 0 aliphatic carbocycles. The molecule has 0 amide bonds. The van der Waals surface area contributed by atoms with Crippen LogP contribution < -0.4 is 5.56 Å². The molecule has 0 saturated heterocycles. The van der Waals surface area contributed by atoms with Crippen molar-refractivity contribution in [3.8, 4) is 11.1 Å². The third-order valence-corrected chi connectivity index (χ3v) is 4.23. The van der Waals surface area contributed by atoms with Crippen LogP contribution in [0.1, 0.15) is 25.4 Å². The first kappa shape index (κ1) is 19.4. The van der Waals surface area contributed by atoms with Crippen LogP contribution >= 0.6 is 12.4 Å². The molecule has 23 heavy (non-hydrogen) atoms. The summed E-state index contributed by atoms with van der Waals surface area (Å²) in [6.07, 6.45) is 0. The second-order valence-electron chi connectivity index (χ2n) is 5.47. The summed E-state index contributed by atoms with van der Waals surface area (Å²) >= 11 is 0. The van der Waals surface area contributed by atoms with E-state index < -0.39 is 0 Å². The monoisotopic (exact) mass is 335 g/mol. The van der Waals surface area contributed by atoms with Crippen molar-refractivity contribution in [3.63, 3.8) is 0 Å². The van der Waals surface area contributed by atoms with Crippen LogP contribution in [0.25, 0.3) is 11.1 Å². The predicted molar refractivity (Wildman–Crippen MR) is 98.4 cm³/mol. The molecule has 0 spiro atoms. The molecule has 0 bridgehead atoms. The summed E-state index contributed by atoms with van der Waals surface area (Å²) < 4.78 is 2.15. The Hall–Kier alpha value is -1.65. The molecule has 5 heteroatoms. The van der Waals surface area contributed by atoms with E-state index in [1.54, 1.807) is 0 Å². The molecular weight excluding hydrogens is 310 g/mol. The molecule has 1 heterocycles. The first-order chi connectivity index (χ1) is 10.6. The average Bonchev–Trinajstić information content (AvgIpc) is 2.51. The van der Waals surface area contributed by atoms with E-state index in [0.29, 0.717) is 5.56 Å². The minimum Gasteiger partial charge on any atom is -0.332 e. The number of benzene rings is 1. The van der Waals surface area contributed by atoms with Crippen molar-refractivity contribution in [3.05, 3.63) is 52.2 Å². The number of aromatic nitrogens is 2. The van der Waals surface area contributed by atoms with Gasteiger partial charge in [0.05, 0.1) is 5.56 Å². The molecule has 0 saturated carbocycles. The third-order valence-electron chi connectivity index (χ3n) is 4.23. The normalized spacial score (nSPS) is 10.7. The van der Waals surface area contributed by atoms with Gasteiger partial charge < -0.3 is 9.47 Å². The number of rotatable bonds is 6. The highest BCUT2D eigenvalue weighted by Gasteiger charge is 2.13. The van der Waals surface area contributed by atoms with Crippen LogP contribution in [0.5, 0.6) is 0 Å².